The number of methoxy groups -OCH3 is 1. The molecule has 6 heteroatoms. The monoisotopic (exact) mass is 398 g/mol. The Bertz CT molecular complexity index is 902. The normalized spacial score (nSPS) is 23.6. The van der Waals surface area contributed by atoms with Gasteiger partial charge in [-0.05, 0) is 23.8 Å². The Morgan fingerprint density at radius 1 is 1.07 bits per heavy atom. The summed E-state index contributed by atoms with van der Waals surface area (Å²) in [6.45, 7) is 3.57. The second kappa shape index (κ2) is 7.47. The first-order chi connectivity index (χ1) is 13.5. The molecule has 5 nitrogen and oxygen atoms in total. The first kappa shape index (κ1) is 18.8. The molecule has 0 bridgehead atoms. The lowest BCUT2D eigenvalue weighted by Gasteiger charge is -2.29. The summed E-state index contributed by atoms with van der Waals surface area (Å²) in [7, 11) is 1.54. The highest BCUT2D eigenvalue weighted by Crippen LogP contribution is 2.45. The molecule has 28 heavy (non-hydrogen) atoms. The minimum absolute atomic E-state index is 0.00798. The number of hydrogen-bond donors (Lipinski definition) is 0. The minimum Gasteiger partial charge on any atom is -0.496 e. The zero-order valence-electron chi connectivity index (χ0n) is 16.0. The molecule has 0 aliphatic carbocycles. The second-order valence-electron chi connectivity index (χ2n) is 7.51. The fourth-order valence-corrected chi connectivity index (χ4v) is 4.79. The molecule has 2 aliphatic rings. The highest BCUT2D eigenvalue weighted by Gasteiger charge is 2.49. The Kier molecular flexibility index (Phi) is 5.02. The van der Waals surface area contributed by atoms with Gasteiger partial charge in [0.05, 0.1) is 18.7 Å². The van der Waals surface area contributed by atoms with Crippen LogP contribution in [-0.4, -0.2) is 48.4 Å². The van der Waals surface area contributed by atoms with E-state index in [0.29, 0.717) is 36.0 Å². The van der Waals surface area contributed by atoms with Gasteiger partial charge in [-0.1, -0.05) is 41.9 Å². The number of amides is 2. The molecule has 2 aliphatic heterocycles. The van der Waals surface area contributed by atoms with Crippen molar-refractivity contribution in [2.45, 2.75) is 13.0 Å². The van der Waals surface area contributed by atoms with Gasteiger partial charge >= 0.3 is 0 Å². The van der Waals surface area contributed by atoms with Crippen LogP contribution in [0.25, 0.3) is 0 Å². The summed E-state index contributed by atoms with van der Waals surface area (Å²) in [6.07, 6.45) is 0. The molecule has 2 aromatic rings. The van der Waals surface area contributed by atoms with E-state index >= 15 is 0 Å². The van der Waals surface area contributed by atoms with Gasteiger partial charge in [0.2, 0.25) is 5.91 Å². The van der Waals surface area contributed by atoms with Crippen LogP contribution in [0.15, 0.2) is 48.5 Å². The molecule has 3 atom stereocenters. The third kappa shape index (κ3) is 3.24. The summed E-state index contributed by atoms with van der Waals surface area (Å²) in [5.74, 6) is 1.02. The summed E-state index contributed by atoms with van der Waals surface area (Å²) < 4.78 is 5.35. The van der Waals surface area contributed by atoms with E-state index in [-0.39, 0.29) is 29.7 Å². The van der Waals surface area contributed by atoms with E-state index < -0.39 is 0 Å². The average Bonchev–Trinajstić information content (AvgIpc) is 3.26. The van der Waals surface area contributed by atoms with Gasteiger partial charge in [0, 0.05) is 43.4 Å². The number of carbonyl (C=O) groups is 2. The van der Waals surface area contributed by atoms with Gasteiger partial charge in [-0.2, -0.15) is 0 Å². The van der Waals surface area contributed by atoms with Crippen molar-refractivity contribution < 1.29 is 14.3 Å². The summed E-state index contributed by atoms with van der Waals surface area (Å²) in [5, 5.41) is 0.535. The molecule has 0 spiro atoms. The van der Waals surface area contributed by atoms with E-state index in [0.717, 1.165) is 5.56 Å². The molecule has 0 unspecified atom stereocenters. The fourth-order valence-electron chi connectivity index (χ4n) is 4.62. The van der Waals surface area contributed by atoms with Crippen LogP contribution in [0.3, 0.4) is 0 Å². The lowest BCUT2D eigenvalue weighted by molar-refractivity contribution is -0.130. The van der Waals surface area contributed by atoms with Crippen LogP contribution in [0.1, 0.15) is 28.9 Å². The van der Waals surface area contributed by atoms with Gasteiger partial charge in [-0.3, -0.25) is 9.59 Å². The van der Waals surface area contributed by atoms with E-state index in [9.17, 15) is 9.59 Å². The number of hydrogen-bond acceptors (Lipinski definition) is 3. The molecule has 0 radical (unpaired) electrons. The fraction of sp³-hybridized carbons (Fsp3) is 0.364. The molecule has 0 aromatic heterocycles. The molecular formula is C22H23ClN2O3. The van der Waals surface area contributed by atoms with E-state index in [1.165, 1.54) is 7.11 Å². The zero-order valence-corrected chi connectivity index (χ0v) is 16.7. The molecule has 146 valence electrons. The molecule has 0 N–H and O–H groups in total. The summed E-state index contributed by atoms with van der Waals surface area (Å²) in [4.78, 5) is 29.2. The highest BCUT2D eigenvalue weighted by atomic mass is 35.5. The number of rotatable bonds is 3. The van der Waals surface area contributed by atoms with Crippen molar-refractivity contribution in [3.63, 3.8) is 0 Å². The number of halogens is 1. The minimum atomic E-state index is -0.0518. The van der Waals surface area contributed by atoms with Crippen LogP contribution >= 0.6 is 11.6 Å². The number of nitrogens with zero attached hydrogens (tertiary/aromatic N) is 2. The van der Waals surface area contributed by atoms with Gasteiger partial charge in [0.25, 0.3) is 5.91 Å². The van der Waals surface area contributed by atoms with Crippen molar-refractivity contribution in [3.8, 4) is 5.75 Å². The second-order valence-corrected chi connectivity index (χ2v) is 7.94. The van der Waals surface area contributed by atoms with E-state index in [1.807, 2.05) is 28.0 Å². The van der Waals surface area contributed by atoms with E-state index in [1.54, 1.807) is 25.1 Å². The molecule has 4 rings (SSSR count). The topological polar surface area (TPSA) is 49.9 Å². The summed E-state index contributed by atoms with van der Waals surface area (Å²) >= 11 is 6.03. The van der Waals surface area contributed by atoms with Crippen molar-refractivity contribution in [1.29, 1.82) is 0 Å². The molecular weight excluding hydrogens is 376 g/mol. The van der Waals surface area contributed by atoms with Crippen LogP contribution in [0.4, 0.5) is 0 Å². The lowest BCUT2D eigenvalue weighted by Crippen LogP contribution is -2.36. The number of benzene rings is 2. The predicted molar refractivity (Wildman–Crippen MR) is 107 cm³/mol. The SMILES string of the molecule is COc1cc(Cl)ccc1C(=O)N1C[C@@H]2CN(C(C)=O)[C@@H](c3ccccc3)[C@@H]2C1. The van der Waals surface area contributed by atoms with Crippen LogP contribution in [0, 0.1) is 11.8 Å². The maximum atomic E-state index is 13.1. The maximum absolute atomic E-state index is 13.1. The zero-order chi connectivity index (χ0) is 19.8. The standard InChI is InChI=1S/C22H23ClN2O3/c1-14(26)25-12-16-11-24(13-19(16)21(25)15-6-4-3-5-7-15)22(27)18-9-8-17(23)10-20(18)28-2/h3-10,16,19,21H,11-13H2,1-2H3/t16-,19-,21+/m1/s1. The summed E-state index contributed by atoms with van der Waals surface area (Å²) in [6, 6.07) is 15.2. The highest BCUT2D eigenvalue weighted by molar-refractivity contribution is 6.30. The average molecular weight is 399 g/mol. The van der Waals surface area contributed by atoms with Crippen molar-refractivity contribution in [2.24, 2.45) is 11.8 Å². The Morgan fingerprint density at radius 3 is 2.50 bits per heavy atom. The van der Waals surface area contributed by atoms with Crippen molar-refractivity contribution in [2.75, 3.05) is 26.7 Å². The Morgan fingerprint density at radius 2 is 1.82 bits per heavy atom. The van der Waals surface area contributed by atoms with Gasteiger partial charge in [0.1, 0.15) is 5.75 Å². The predicted octanol–water partition coefficient (Wildman–Crippen LogP) is 3.64. The molecule has 2 heterocycles. The molecule has 2 saturated heterocycles. The van der Waals surface area contributed by atoms with Crippen LogP contribution in [0.2, 0.25) is 5.02 Å². The molecule has 0 saturated carbocycles. The number of ether oxygens (including phenoxy) is 1. The van der Waals surface area contributed by atoms with E-state index in [2.05, 4.69) is 12.1 Å². The molecule has 2 amide bonds. The summed E-state index contributed by atoms with van der Waals surface area (Å²) in [5.41, 5.74) is 1.65. The Labute approximate surface area is 169 Å². The third-order valence-corrected chi connectivity index (χ3v) is 6.13. The van der Waals surface area contributed by atoms with Crippen LogP contribution in [0.5, 0.6) is 5.75 Å². The maximum Gasteiger partial charge on any atom is 0.257 e. The van der Waals surface area contributed by atoms with E-state index in [4.69, 9.17) is 16.3 Å². The van der Waals surface area contributed by atoms with Gasteiger partial charge < -0.3 is 14.5 Å². The van der Waals surface area contributed by atoms with Crippen molar-refractivity contribution in [3.05, 3.63) is 64.7 Å². The number of likely N-dealkylation sites (tertiary alicyclic amines) is 2. The third-order valence-electron chi connectivity index (χ3n) is 5.89. The number of carbonyl (C=O) groups excluding carboxylic acids is 2. The number of fused-ring (bicyclic) bond motifs is 1. The first-order valence-electron chi connectivity index (χ1n) is 9.44. The van der Waals surface area contributed by atoms with Gasteiger partial charge in [-0.25, -0.2) is 0 Å². The Balaban J connectivity index is 1.60. The first-order valence-corrected chi connectivity index (χ1v) is 9.82. The van der Waals surface area contributed by atoms with Crippen LogP contribution in [-0.2, 0) is 4.79 Å². The molecule has 2 fully saturated rings. The smallest absolute Gasteiger partial charge is 0.257 e. The Hall–Kier alpha value is -2.53. The molecule has 2 aromatic carbocycles. The van der Waals surface area contributed by atoms with Crippen LogP contribution < -0.4 is 4.74 Å². The van der Waals surface area contributed by atoms with Crippen molar-refractivity contribution in [1.82, 2.24) is 9.80 Å². The lowest BCUT2D eigenvalue weighted by atomic mass is 9.89. The van der Waals surface area contributed by atoms with Crippen molar-refractivity contribution >= 4 is 23.4 Å². The quantitative estimate of drug-likeness (QED) is 0.793. The van der Waals surface area contributed by atoms with Gasteiger partial charge in [-0.15, -0.1) is 0 Å². The van der Waals surface area contributed by atoms with Gasteiger partial charge in [0.15, 0.2) is 0 Å². The largest absolute Gasteiger partial charge is 0.496 e.